The van der Waals surface area contributed by atoms with Crippen LogP contribution in [-0.2, 0) is 10.0 Å². The number of halogens is 1. The lowest BCUT2D eigenvalue weighted by molar-refractivity contribution is 0.385. The van der Waals surface area contributed by atoms with Gasteiger partial charge in [-0.1, -0.05) is 0 Å². The van der Waals surface area contributed by atoms with Crippen molar-refractivity contribution in [1.82, 2.24) is 4.72 Å². The Labute approximate surface area is 93.5 Å². The number of hydrogen-bond acceptors (Lipinski definition) is 4. The minimum absolute atomic E-state index is 0.00206. The van der Waals surface area contributed by atoms with Crippen LogP contribution in [0, 0.1) is 5.82 Å². The Kier molecular flexibility index (Phi) is 4.22. The minimum atomic E-state index is -3.70. The van der Waals surface area contributed by atoms with Crippen LogP contribution in [0.5, 0.6) is 5.75 Å². The summed E-state index contributed by atoms with van der Waals surface area (Å²) < 4.78 is 43.3. The Hall–Kier alpha value is -1.18. The first-order valence-corrected chi connectivity index (χ1v) is 6.03. The maximum absolute atomic E-state index is 13.3. The predicted molar refractivity (Wildman–Crippen MR) is 57.2 cm³/mol. The van der Waals surface area contributed by atoms with E-state index in [1.54, 1.807) is 0 Å². The number of rotatable bonds is 5. The summed E-state index contributed by atoms with van der Waals surface area (Å²) in [7, 11) is -2.39. The summed E-state index contributed by atoms with van der Waals surface area (Å²) in [5, 5.41) is 0. The quantitative estimate of drug-likeness (QED) is 0.772. The average molecular weight is 248 g/mol. The standard InChI is InChI=1S/C9H13FN2O3S/c1-15-9-3-2-7(6-8(9)10)16(13,14)12-5-4-11/h2-3,6,12H,4-5,11H2,1H3. The summed E-state index contributed by atoms with van der Waals surface area (Å²) >= 11 is 0. The van der Waals surface area contributed by atoms with E-state index in [9.17, 15) is 12.8 Å². The summed E-state index contributed by atoms with van der Waals surface area (Å²) in [4.78, 5) is -0.153. The van der Waals surface area contributed by atoms with Gasteiger partial charge in [0.1, 0.15) is 0 Å². The molecule has 0 spiro atoms. The summed E-state index contributed by atoms with van der Waals surface area (Å²) in [5.74, 6) is -0.726. The highest BCUT2D eigenvalue weighted by Gasteiger charge is 2.15. The second-order valence-electron chi connectivity index (χ2n) is 2.98. The third-order valence-corrected chi connectivity index (χ3v) is 3.33. The van der Waals surface area contributed by atoms with Gasteiger partial charge in [-0.25, -0.2) is 17.5 Å². The lowest BCUT2D eigenvalue weighted by Crippen LogP contribution is -2.29. The van der Waals surface area contributed by atoms with Gasteiger partial charge in [0, 0.05) is 13.1 Å². The highest BCUT2D eigenvalue weighted by molar-refractivity contribution is 7.89. The van der Waals surface area contributed by atoms with Crippen molar-refractivity contribution in [2.45, 2.75) is 4.90 Å². The van der Waals surface area contributed by atoms with E-state index in [-0.39, 0.29) is 23.7 Å². The van der Waals surface area contributed by atoms with Crippen LogP contribution in [0.4, 0.5) is 4.39 Å². The van der Waals surface area contributed by atoms with Gasteiger partial charge >= 0.3 is 0 Å². The Morgan fingerprint density at radius 2 is 2.19 bits per heavy atom. The number of nitrogens with two attached hydrogens (primary N) is 1. The van der Waals surface area contributed by atoms with Gasteiger partial charge in [-0.05, 0) is 18.2 Å². The Bertz CT molecular complexity index is 462. The second kappa shape index (κ2) is 5.24. The molecule has 0 aliphatic carbocycles. The van der Waals surface area contributed by atoms with Crippen LogP contribution in [-0.4, -0.2) is 28.6 Å². The molecule has 0 amide bonds. The maximum Gasteiger partial charge on any atom is 0.240 e. The topological polar surface area (TPSA) is 81.4 Å². The summed E-state index contributed by atoms with van der Waals surface area (Å²) in [6.07, 6.45) is 0. The zero-order valence-corrected chi connectivity index (χ0v) is 9.55. The number of hydrogen-bond donors (Lipinski definition) is 2. The number of nitrogens with one attached hydrogen (secondary N) is 1. The van der Waals surface area contributed by atoms with Crippen LogP contribution in [0.15, 0.2) is 23.1 Å². The molecule has 1 aromatic carbocycles. The molecule has 7 heteroatoms. The molecule has 0 bridgehead atoms. The smallest absolute Gasteiger partial charge is 0.240 e. The zero-order chi connectivity index (χ0) is 12.2. The Balaban J connectivity index is 3.01. The number of ether oxygens (including phenoxy) is 1. The van der Waals surface area contributed by atoms with E-state index in [1.807, 2.05) is 0 Å². The first kappa shape index (κ1) is 12.9. The molecule has 0 aliphatic rings. The van der Waals surface area contributed by atoms with Crippen molar-refractivity contribution in [2.75, 3.05) is 20.2 Å². The fourth-order valence-electron chi connectivity index (χ4n) is 1.09. The van der Waals surface area contributed by atoms with Crippen LogP contribution in [0.1, 0.15) is 0 Å². The van der Waals surface area contributed by atoms with Crippen molar-refractivity contribution in [1.29, 1.82) is 0 Å². The fourth-order valence-corrected chi connectivity index (χ4v) is 2.15. The van der Waals surface area contributed by atoms with E-state index in [4.69, 9.17) is 5.73 Å². The molecule has 0 fully saturated rings. The molecule has 0 aliphatic heterocycles. The van der Waals surface area contributed by atoms with Gasteiger partial charge in [0.15, 0.2) is 11.6 Å². The van der Waals surface area contributed by atoms with E-state index in [2.05, 4.69) is 9.46 Å². The van der Waals surface area contributed by atoms with Gasteiger partial charge < -0.3 is 10.5 Å². The molecular formula is C9H13FN2O3S. The molecule has 0 aromatic heterocycles. The molecule has 0 saturated heterocycles. The van der Waals surface area contributed by atoms with Crippen molar-refractivity contribution in [3.8, 4) is 5.75 Å². The minimum Gasteiger partial charge on any atom is -0.494 e. The highest BCUT2D eigenvalue weighted by atomic mass is 32.2. The normalized spacial score (nSPS) is 11.4. The molecule has 5 nitrogen and oxygen atoms in total. The second-order valence-corrected chi connectivity index (χ2v) is 4.75. The molecule has 0 unspecified atom stereocenters. The molecule has 90 valence electrons. The van der Waals surface area contributed by atoms with Crippen LogP contribution in [0.2, 0.25) is 0 Å². The molecular weight excluding hydrogens is 235 g/mol. The van der Waals surface area contributed by atoms with Gasteiger partial charge in [0.05, 0.1) is 12.0 Å². The van der Waals surface area contributed by atoms with E-state index in [1.165, 1.54) is 19.2 Å². The van der Waals surface area contributed by atoms with E-state index < -0.39 is 15.8 Å². The molecule has 1 aromatic rings. The number of sulfonamides is 1. The summed E-state index contributed by atoms with van der Waals surface area (Å²) in [6.45, 7) is 0.286. The lowest BCUT2D eigenvalue weighted by atomic mass is 10.3. The van der Waals surface area contributed by atoms with Gasteiger partial charge in [-0.15, -0.1) is 0 Å². The zero-order valence-electron chi connectivity index (χ0n) is 8.73. The molecule has 0 atom stereocenters. The fraction of sp³-hybridized carbons (Fsp3) is 0.333. The first-order chi connectivity index (χ1) is 7.51. The largest absolute Gasteiger partial charge is 0.494 e. The SMILES string of the molecule is COc1ccc(S(=O)(=O)NCCN)cc1F. The van der Waals surface area contributed by atoms with Crippen molar-refractivity contribution in [2.24, 2.45) is 5.73 Å². The molecule has 1 rings (SSSR count). The molecule has 16 heavy (non-hydrogen) atoms. The molecule has 0 radical (unpaired) electrons. The van der Waals surface area contributed by atoms with Crippen molar-refractivity contribution >= 4 is 10.0 Å². The van der Waals surface area contributed by atoms with E-state index in [0.29, 0.717) is 0 Å². The van der Waals surface area contributed by atoms with E-state index in [0.717, 1.165) is 6.07 Å². The van der Waals surface area contributed by atoms with Crippen LogP contribution in [0.3, 0.4) is 0 Å². The van der Waals surface area contributed by atoms with E-state index >= 15 is 0 Å². The van der Waals surface area contributed by atoms with Gasteiger partial charge in [0.25, 0.3) is 0 Å². The van der Waals surface area contributed by atoms with Gasteiger partial charge in [0.2, 0.25) is 10.0 Å². The summed E-state index contributed by atoms with van der Waals surface area (Å²) in [5.41, 5.74) is 5.17. The maximum atomic E-state index is 13.3. The van der Waals surface area contributed by atoms with Crippen LogP contribution in [0.25, 0.3) is 0 Å². The van der Waals surface area contributed by atoms with Crippen LogP contribution < -0.4 is 15.2 Å². The Morgan fingerprint density at radius 3 is 2.69 bits per heavy atom. The Morgan fingerprint density at radius 1 is 1.50 bits per heavy atom. The average Bonchev–Trinajstić information content (AvgIpc) is 2.26. The van der Waals surface area contributed by atoms with Crippen molar-refractivity contribution in [3.05, 3.63) is 24.0 Å². The molecule has 0 heterocycles. The van der Waals surface area contributed by atoms with Crippen LogP contribution >= 0.6 is 0 Å². The number of methoxy groups -OCH3 is 1. The molecule has 3 N–H and O–H groups in total. The van der Waals surface area contributed by atoms with Crippen molar-refractivity contribution in [3.63, 3.8) is 0 Å². The third-order valence-electron chi connectivity index (χ3n) is 1.87. The van der Waals surface area contributed by atoms with Crippen molar-refractivity contribution < 1.29 is 17.5 Å². The summed E-state index contributed by atoms with van der Waals surface area (Å²) in [6, 6.07) is 3.42. The van der Waals surface area contributed by atoms with Gasteiger partial charge in [-0.3, -0.25) is 0 Å². The predicted octanol–water partition coefficient (Wildman–Crippen LogP) is 0.0713. The third kappa shape index (κ3) is 2.91. The van der Waals surface area contributed by atoms with Gasteiger partial charge in [-0.2, -0.15) is 0 Å². The molecule has 0 saturated carbocycles. The highest BCUT2D eigenvalue weighted by Crippen LogP contribution is 2.20. The lowest BCUT2D eigenvalue weighted by Gasteiger charge is -2.07. The number of benzene rings is 1. The monoisotopic (exact) mass is 248 g/mol. The first-order valence-electron chi connectivity index (χ1n) is 4.54.